The molecular formula is C27H32ClNO5. The molecule has 1 fully saturated rings. The van der Waals surface area contributed by atoms with E-state index in [-0.39, 0.29) is 27.7 Å². The van der Waals surface area contributed by atoms with Crippen LogP contribution >= 0.6 is 11.6 Å². The summed E-state index contributed by atoms with van der Waals surface area (Å²) in [5, 5.41) is 11.6. The summed E-state index contributed by atoms with van der Waals surface area (Å²) < 4.78 is 10.7. The van der Waals surface area contributed by atoms with E-state index >= 15 is 0 Å². The first-order chi connectivity index (χ1) is 16.2. The zero-order chi connectivity index (χ0) is 25.0. The van der Waals surface area contributed by atoms with Crippen LogP contribution in [0.25, 0.3) is 5.76 Å². The average Bonchev–Trinajstić information content (AvgIpc) is 3.08. The minimum atomic E-state index is -0.721. The highest BCUT2D eigenvalue weighted by atomic mass is 35.5. The number of nitrogens with zero attached hydrogens (tertiary/aromatic N) is 1. The highest BCUT2D eigenvalue weighted by Crippen LogP contribution is 2.43. The lowest BCUT2D eigenvalue weighted by Crippen LogP contribution is -2.30. The van der Waals surface area contributed by atoms with Gasteiger partial charge in [-0.25, -0.2) is 0 Å². The maximum absolute atomic E-state index is 13.2. The van der Waals surface area contributed by atoms with Crippen LogP contribution in [0.5, 0.6) is 11.5 Å². The van der Waals surface area contributed by atoms with E-state index in [0.29, 0.717) is 18.2 Å². The molecule has 1 saturated heterocycles. The summed E-state index contributed by atoms with van der Waals surface area (Å²) in [6.45, 7) is 6.71. The van der Waals surface area contributed by atoms with Crippen molar-refractivity contribution < 1.29 is 24.2 Å². The summed E-state index contributed by atoms with van der Waals surface area (Å²) >= 11 is 6.31. The van der Waals surface area contributed by atoms with Gasteiger partial charge in [-0.1, -0.05) is 69.5 Å². The fraction of sp³-hybridized carbons (Fsp3) is 0.407. The Kier molecular flexibility index (Phi) is 8.26. The zero-order valence-electron chi connectivity index (χ0n) is 20.4. The summed E-state index contributed by atoms with van der Waals surface area (Å²) in [6.07, 6.45) is 2.69. The number of rotatable bonds is 9. The largest absolute Gasteiger partial charge is 0.507 e. The van der Waals surface area contributed by atoms with Crippen molar-refractivity contribution in [3.63, 3.8) is 0 Å². The summed E-state index contributed by atoms with van der Waals surface area (Å²) in [5.74, 6) is -0.665. The number of ether oxygens (including phenoxy) is 2. The molecule has 0 saturated carbocycles. The van der Waals surface area contributed by atoms with Crippen LogP contribution < -0.4 is 9.47 Å². The van der Waals surface area contributed by atoms with Crippen LogP contribution in [0.4, 0.5) is 0 Å². The molecule has 34 heavy (non-hydrogen) atoms. The number of Topliss-reactive ketones (excluding diaryl/α,β-unsaturated/α-hetero) is 1. The van der Waals surface area contributed by atoms with Gasteiger partial charge in [0.05, 0.1) is 36.4 Å². The number of hydrogen-bond donors (Lipinski definition) is 1. The van der Waals surface area contributed by atoms with Crippen LogP contribution in [0.1, 0.15) is 68.7 Å². The number of amides is 1. The first-order valence-electron chi connectivity index (χ1n) is 11.5. The molecule has 1 aliphatic heterocycles. The number of carbonyl (C=O) groups excluding carboxylic acids is 2. The third-order valence-electron chi connectivity index (χ3n) is 6.19. The quantitative estimate of drug-likeness (QED) is 0.201. The molecule has 1 aliphatic rings. The van der Waals surface area contributed by atoms with E-state index in [1.54, 1.807) is 11.0 Å². The molecule has 1 amide bonds. The molecule has 7 heteroatoms. The van der Waals surface area contributed by atoms with E-state index in [1.165, 1.54) is 20.3 Å². The molecule has 0 bridgehead atoms. The molecule has 6 nitrogen and oxygen atoms in total. The third-order valence-corrected chi connectivity index (χ3v) is 6.49. The number of unbranched alkanes of at least 4 members (excludes halogenated alkanes) is 2. The molecule has 2 aromatic carbocycles. The van der Waals surface area contributed by atoms with Gasteiger partial charge < -0.3 is 19.5 Å². The van der Waals surface area contributed by atoms with Gasteiger partial charge in [-0.2, -0.15) is 0 Å². The average molecular weight is 486 g/mol. The first kappa shape index (κ1) is 25.6. The number of hydrogen-bond acceptors (Lipinski definition) is 5. The Bertz CT molecular complexity index is 1090. The molecule has 1 atom stereocenters. The number of ketones is 1. The standard InChI is InChI=1S/C27H32ClNO5/c1-6-7-8-13-29-24(18-11-9-17(10-12-18)16(2)3)23(26(31)27(29)32)25(30)19-14-20(28)22(34-5)15-21(19)33-4/h9-12,14-16,24,30H,6-8,13H2,1-5H3/b25-23+. The minimum absolute atomic E-state index is 0.0262. The first-order valence-corrected chi connectivity index (χ1v) is 11.9. The van der Waals surface area contributed by atoms with Crippen LogP contribution in [-0.2, 0) is 9.59 Å². The Labute approximate surface area is 206 Å². The lowest BCUT2D eigenvalue weighted by Gasteiger charge is -2.26. The van der Waals surface area contributed by atoms with Crippen LogP contribution in [-0.4, -0.2) is 42.5 Å². The normalized spacial score (nSPS) is 17.5. The maximum Gasteiger partial charge on any atom is 0.295 e. The van der Waals surface area contributed by atoms with Gasteiger partial charge in [-0.05, 0) is 29.5 Å². The van der Waals surface area contributed by atoms with Crippen LogP contribution in [0.2, 0.25) is 5.02 Å². The lowest BCUT2D eigenvalue weighted by atomic mass is 9.93. The highest BCUT2D eigenvalue weighted by Gasteiger charge is 2.46. The van der Waals surface area contributed by atoms with Crippen molar-refractivity contribution in [3.8, 4) is 11.5 Å². The van der Waals surface area contributed by atoms with Crippen LogP contribution in [0, 0.1) is 0 Å². The molecule has 0 aromatic heterocycles. The number of likely N-dealkylation sites (tertiary alicyclic amines) is 1. The Morgan fingerprint density at radius 1 is 1.06 bits per heavy atom. The lowest BCUT2D eigenvalue weighted by molar-refractivity contribution is -0.139. The fourth-order valence-electron chi connectivity index (χ4n) is 4.24. The number of aliphatic hydroxyl groups excluding tert-OH is 1. The molecule has 0 spiro atoms. The molecular weight excluding hydrogens is 454 g/mol. The second-order valence-corrected chi connectivity index (χ2v) is 9.12. The maximum atomic E-state index is 13.2. The van der Waals surface area contributed by atoms with Gasteiger partial charge in [0.2, 0.25) is 0 Å². The number of methoxy groups -OCH3 is 2. The van der Waals surface area contributed by atoms with Gasteiger partial charge in [-0.3, -0.25) is 9.59 Å². The van der Waals surface area contributed by atoms with Crippen molar-refractivity contribution in [1.82, 2.24) is 4.90 Å². The number of aliphatic hydroxyl groups is 1. The van der Waals surface area contributed by atoms with Gasteiger partial charge in [0, 0.05) is 12.6 Å². The molecule has 1 N–H and O–H groups in total. The number of carbonyl (C=O) groups is 2. The summed E-state index contributed by atoms with van der Waals surface area (Å²) in [5.41, 5.74) is 2.16. The van der Waals surface area contributed by atoms with E-state index in [2.05, 4.69) is 20.8 Å². The van der Waals surface area contributed by atoms with Gasteiger partial charge in [0.15, 0.2) is 0 Å². The van der Waals surface area contributed by atoms with Crippen molar-refractivity contribution in [3.05, 3.63) is 63.7 Å². The smallest absolute Gasteiger partial charge is 0.295 e. The van der Waals surface area contributed by atoms with E-state index in [4.69, 9.17) is 21.1 Å². The van der Waals surface area contributed by atoms with Crippen molar-refractivity contribution in [1.29, 1.82) is 0 Å². The van der Waals surface area contributed by atoms with E-state index in [0.717, 1.165) is 30.4 Å². The molecule has 182 valence electrons. The van der Waals surface area contributed by atoms with E-state index in [9.17, 15) is 14.7 Å². The third kappa shape index (κ3) is 4.92. The second-order valence-electron chi connectivity index (χ2n) is 8.71. The molecule has 0 aliphatic carbocycles. The van der Waals surface area contributed by atoms with Gasteiger partial charge in [0.25, 0.3) is 11.7 Å². The summed E-state index contributed by atoms with van der Waals surface area (Å²) in [6, 6.07) is 10.2. The van der Waals surface area contributed by atoms with E-state index in [1.807, 2.05) is 24.3 Å². The molecule has 0 radical (unpaired) electrons. The van der Waals surface area contributed by atoms with Crippen molar-refractivity contribution in [2.24, 2.45) is 0 Å². The topological polar surface area (TPSA) is 76.1 Å². The Balaban J connectivity index is 2.19. The van der Waals surface area contributed by atoms with Gasteiger partial charge in [-0.15, -0.1) is 0 Å². The van der Waals surface area contributed by atoms with Crippen LogP contribution in [0.15, 0.2) is 42.0 Å². The molecule has 1 unspecified atom stereocenters. The number of halogens is 1. The molecule has 1 heterocycles. The SMILES string of the molecule is CCCCCN1C(=O)C(=O)/C(=C(/O)c2cc(Cl)c(OC)cc2OC)C1c1ccc(C(C)C)cc1. The number of benzene rings is 2. The predicted molar refractivity (Wildman–Crippen MR) is 134 cm³/mol. The van der Waals surface area contributed by atoms with E-state index < -0.39 is 17.7 Å². The Morgan fingerprint density at radius 2 is 1.71 bits per heavy atom. The van der Waals surface area contributed by atoms with Crippen molar-refractivity contribution >= 4 is 29.1 Å². The zero-order valence-corrected chi connectivity index (χ0v) is 21.1. The van der Waals surface area contributed by atoms with Crippen molar-refractivity contribution in [2.75, 3.05) is 20.8 Å². The second kappa shape index (κ2) is 11.0. The Morgan fingerprint density at radius 3 is 2.26 bits per heavy atom. The van der Waals surface area contributed by atoms with Crippen molar-refractivity contribution in [2.45, 2.75) is 52.0 Å². The predicted octanol–water partition coefficient (Wildman–Crippen LogP) is 6.09. The highest BCUT2D eigenvalue weighted by molar-refractivity contribution is 6.46. The molecule has 3 rings (SSSR count). The monoisotopic (exact) mass is 485 g/mol. The van der Waals surface area contributed by atoms with Crippen LogP contribution in [0.3, 0.4) is 0 Å². The minimum Gasteiger partial charge on any atom is -0.507 e. The molecule has 2 aromatic rings. The van der Waals surface area contributed by atoms with Gasteiger partial charge in [0.1, 0.15) is 17.3 Å². The fourth-order valence-corrected chi connectivity index (χ4v) is 4.48. The summed E-state index contributed by atoms with van der Waals surface area (Å²) in [4.78, 5) is 27.9. The van der Waals surface area contributed by atoms with Gasteiger partial charge >= 0.3 is 0 Å². The Hall–Kier alpha value is -2.99. The summed E-state index contributed by atoms with van der Waals surface area (Å²) in [7, 11) is 2.92.